The molecule has 3 aromatic rings. The van der Waals surface area contributed by atoms with E-state index in [0.29, 0.717) is 38.7 Å². The van der Waals surface area contributed by atoms with Crippen LogP contribution in [0.2, 0.25) is 0 Å². The Morgan fingerprint density at radius 3 is 2.06 bits per heavy atom. The lowest BCUT2D eigenvalue weighted by Crippen LogP contribution is -2.13. The maximum atomic E-state index is 12.9. The van der Waals surface area contributed by atoms with Crippen molar-refractivity contribution < 1.29 is 23.7 Å². The zero-order chi connectivity index (χ0) is 22.5. The SMILES string of the molecule is COc1cc(C(=O)Nc2ccc(Oc3nc(C)cc(C)n3)cc2)c(Br)c(OC)c1OC. The minimum atomic E-state index is -0.350. The van der Waals surface area contributed by atoms with Gasteiger partial charge in [-0.1, -0.05) is 0 Å². The summed E-state index contributed by atoms with van der Waals surface area (Å²) in [6.45, 7) is 3.75. The number of carbonyl (C=O) groups excluding carboxylic acids is 1. The van der Waals surface area contributed by atoms with Gasteiger partial charge in [-0.05, 0) is 66.2 Å². The largest absolute Gasteiger partial charge is 0.493 e. The van der Waals surface area contributed by atoms with Gasteiger partial charge in [0.25, 0.3) is 5.91 Å². The first-order valence-corrected chi connectivity index (χ1v) is 10.1. The maximum absolute atomic E-state index is 12.9. The number of halogens is 1. The Hall–Kier alpha value is -3.33. The molecule has 1 N–H and O–H groups in total. The summed E-state index contributed by atoms with van der Waals surface area (Å²) in [5.74, 6) is 1.34. The standard InChI is InChI=1S/C22H22BrN3O5/c1-12-10-13(2)25-22(24-12)31-15-8-6-14(7-9-15)26-21(27)16-11-17(28-3)19(29-4)20(30-5)18(16)23/h6-11H,1-5H3,(H,26,27). The van der Waals surface area contributed by atoms with Gasteiger partial charge in [0.2, 0.25) is 5.75 Å². The van der Waals surface area contributed by atoms with Crippen LogP contribution in [-0.2, 0) is 0 Å². The first kappa shape index (κ1) is 22.4. The molecule has 8 nitrogen and oxygen atoms in total. The summed E-state index contributed by atoms with van der Waals surface area (Å²) in [5, 5.41) is 2.84. The average Bonchev–Trinajstić information content (AvgIpc) is 2.73. The van der Waals surface area contributed by atoms with Gasteiger partial charge in [0.05, 0.1) is 31.4 Å². The van der Waals surface area contributed by atoms with Gasteiger partial charge in [-0.2, -0.15) is 0 Å². The fourth-order valence-electron chi connectivity index (χ4n) is 2.94. The van der Waals surface area contributed by atoms with Gasteiger partial charge in [0, 0.05) is 17.1 Å². The van der Waals surface area contributed by atoms with Gasteiger partial charge in [-0.3, -0.25) is 4.79 Å². The van der Waals surface area contributed by atoms with Gasteiger partial charge in [-0.15, -0.1) is 0 Å². The smallest absolute Gasteiger partial charge is 0.322 e. The van der Waals surface area contributed by atoms with E-state index in [1.165, 1.54) is 21.3 Å². The first-order chi connectivity index (χ1) is 14.9. The third-order valence-corrected chi connectivity index (χ3v) is 5.08. The summed E-state index contributed by atoms with van der Waals surface area (Å²) in [4.78, 5) is 21.4. The third-order valence-electron chi connectivity index (χ3n) is 4.30. The Kier molecular flexibility index (Phi) is 6.96. The topological polar surface area (TPSA) is 91.8 Å². The van der Waals surface area contributed by atoms with E-state index in [1.807, 2.05) is 19.9 Å². The van der Waals surface area contributed by atoms with Crippen LogP contribution in [0.5, 0.6) is 29.0 Å². The van der Waals surface area contributed by atoms with E-state index in [1.54, 1.807) is 30.3 Å². The molecule has 31 heavy (non-hydrogen) atoms. The molecule has 0 aliphatic rings. The van der Waals surface area contributed by atoms with Crippen molar-refractivity contribution in [2.45, 2.75) is 13.8 Å². The van der Waals surface area contributed by atoms with E-state index in [-0.39, 0.29) is 11.9 Å². The molecule has 1 amide bonds. The molecule has 1 heterocycles. The van der Waals surface area contributed by atoms with Crippen LogP contribution in [0.1, 0.15) is 21.7 Å². The number of methoxy groups -OCH3 is 3. The van der Waals surface area contributed by atoms with Gasteiger partial charge >= 0.3 is 6.01 Å². The molecule has 0 fully saturated rings. The van der Waals surface area contributed by atoms with E-state index in [9.17, 15) is 4.79 Å². The Morgan fingerprint density at radius 1 is 0.903 bits per heavy atom. The van der Waals surface area contributed by atoms with Crippen LogP contribution in [0.4, 0.5) is 5.69 Å². The second kappa shape index (κ2) is 9.65. The van der Waals surface area contributed by atoms with Crippen LogP contribution in [0.3, 0.4) is 0 Å². The van der Waals surface area contributed by atoms with E-state index in [2.05, 4.69) is 31.2 Å². The van der Waals surface area contributed by atoms with E-state index >= 15 is 0 Å². The van der Waals surface area contributed by atoms with E-state index < -0.39 is 0 Å². The van der Waals surface area contributed by atoms with Crippen LogP contribution in [0, 0.1) is 13.8 Å². The monoisotopic (exact) mass is 487 g/mol. The first-order valence-electron chi connectivity index (χ1n) is 9.26. The molecule has 162 valence electrons. The van der Waals surface area contributed by atoms with Crippen molar-refractivity contribution >= 4 is 27.5 Å². The number of aromatic nitrogens is 2. The number of amides is 1. The summed E-state index contributed by atoms with van der Waals surface area (Å²) in [6.07, 6.45) is 0. The molecule has 1 aromatic heterocycles. The molecule has 0 unspecified atom stereocenters. The molecule has 0 aliphatic heterocycles. The molecule has 0 atom stereocenters. The second-order valence-corrected chi connectivity index (χ2v) is 7.31. The average molecular weight is 488 g/mol. The Balaban J connectivity index is 1.79. The second-order valence-electron chi connectivity index (χ2n) is 6.52. The number of nitrogens with one attached hydrogen (secondary N) is 1. The summed E-state index contributed by atoms with van der Waals surface area (Å²) < 4.78 is 22.2. The summed E-state index contributed by atoms with van der Waals surface area (Å²) in [7, 11) is 4.48. The number of benzene rings is 2. The highest BCUT2D eigenvalue weighted by Gasteiger charge is 2.23. The number of hydrogen-bond acceptors (Lipinski definition) is 7. The molecule has 3 rings (SSSR count). The summed E-state index contributed by atoms with van der Waals surface area (Å²) >= 11 is 3.42. The lowest BCUT2D eigenvalue weighted by Gasteiger charge is -2.16. The fourth-order valence-corrected chi connectivity index (χ4v) is 3.57. The number of aryl methyl sites for hydroxylation is 2. The number of rotatable bonds is 7. The van der Waals surface area contributed by atoms with Crippen LogP contribution < -0.4 is 24.3 Å². The number of hydrogen-bond donors (Lipinski definition) is 1. The van der Waals surface area contributed by atoms with Gasteiger partial charge in [-0.25, -0.2) is 9.97 Å². The molecular formula is C22H22BrN3O5. The predicted molar refractivity (Wildman–Crippen MR) is 120 cm³/mol. The lowest BCUT2D eigenvalue weighted by atomic mass is 10.1. The van der Waals surface area contributed by atoms with Crippen molar-refractivity contribution in [2.75, 3.05) is 26.6 Å². The quantitative estimate of drug-likeness (QED) is 0.505. The normalized spacial score (nSPS) is 10.4. The van der Waals surface area contributed by atoms with Crippen molar-refractivity contribution in [1.29, 1.82) is 0 Å². The molecule has 0 saturated heterocycles. The number of carbonyl (C=O) groups is 1. The van der Waals surface area contributed by atoms with Crippen molar-refractivity contribution in [3.8, 4) is 29.0 Å². The zero-order valence-electron chi connectivity index (χ0n) is 17.8. The number of ether oxygens (including phenoxy) is 4. The molecular weight excluding hydrogens is 466 g/mol. The zero-order valence-corrected chi connectivity index (χ0v) is 19.4. The molecule has 0 spiro atoms. The van der Waals surface area contributed by atoms with Crippen LogP contribution >= 0.6 is 15.9 Å². The molecule has 0 radical (unpaired) electrons. The number of anilines is 1. The van der Waals surface area contributed by atoms with Crippen molar-refractivity contribution in [2.24, 2.45) is 0 Å². The van der Waals surface area contributed by atoms with Crippen molar-refractivity contribution in [3.05, 3.63) is 57.8 Å². The van der Waals surface area contributed by atoms with Gasteiger partial charge < -0.3 is 24.3 Å². The Labute approximate surface area is 188 Å². The summed E-state index contributed by atoms with van der Waals surface area (Å²) in [6, 6.07) is 10.6. The number of nitrogens with zero attached hydrogens (tertiary/aromatic N) is 2. The van der Waals surface area contributed by atoms with E-state index in [4.69, 9.17) is 18.9 Å². The third kappa shape index (κ3) is 5.05. The van der Waals surface area contributed by atoms with Crippen molar-refractivity contribution in [1.82, 2.24) is 9.97 Å². The molecule has 0 saturated carbocycles. The highest BCUT2D eigenvalue weighted by Crippen LogP contribution is 2.44. The summed E-state index contributed by atoms with van der Waals surface area (Å²) in [5.41, 5.74) is 2.56. The lowest BCUT2D eigenvalue weighted by molar-refractivity contribution is 0.102. The highest BCUT2D eigenvalue weighted by molar-refractivity contribution is 9.10. The maximum Gasteiger partial charge on any atom is 0.322 e. The van der Waals surface area contributed by atoms with Crippen LogP contribution in [0.25, 0.3) is 0 Å². The minimum Gasteiger partial charge on any atom is -0.493 e. The highest BCUT2D eigenvalue weighted by atomic mass is 79.9. The Bertz CT molecular complexity index is 1080. The molecule has 0 bridgehead atoms. The van der Waals surface area contributed by atoms with Crippen LogP contribution in [0.15, 0.2) is 40.9 Å². The molecule has 0 aliphatic carbocycles. The van der Waals surface area contributed by atoms with Crippen molar-refractivity contribution in [3.63, 3.8) is 0 Å². The van der Waals surface area contributed by atoms with Gasteiger partial charge in [0.1, 0.15) is 5.75 Å². The predicted octanol–water partition coefficient (Wildman–Crippen LogP) is 4.93. The van der Waals surface area contributed by atoms with Crippen LogP contribution in [-0.4, -0.2) is 37.2 Å². The van der Waals surface area contributed by atoms with E-state index in [0.717, 1.165) is 11.4 Å². The molecule has 2 aromatic carbocycles. The van der Waals surface area contributed by atoms with Gasteiger partial charge in [0.15, 0.2) is 11.5 Å². The Morgan fingerprint density at radius 2 is 1.52 bits per heavy atom. The molecule has 9 heteroatoms. The fraction of sp³-hybridized carbons (Fsp3) is 0.227. The minimum absolute atomic E-state index is 0.274.